The molecule has 2 aromatic heterocycles. The van der Waals surface area contributed by atoms with Gasteiger partial charge in [-0.15, -0.1) is 10.2 Å². The fourth-order valence-electron chi connectivity index (χ4n) is 5.27. The highest BCUT2D eigenvalue weighted by Crippen LogP contribution is 2.38. The number of halogens is 2. The van der Waals surface area contributed by atoms with Gasteiger partial charge in [-0.2, -0.15) is 0 Å². The van der Waals surface area contributed by atoms with Crippen LogP contribution in [-0.2, 0) is 0 Å². The number of anilines is 1. The van der Waals surface area contributed by atoms with Crippen LogP contribution in [0.1, 0.15) is 32.6 Å². The Labute approximate surface area is 202 Å². The lowest BCUT2D eigenvalue weighted by atomic mass is 9.73. The number of piperidine rings is 2. The molecule has 0 radical (unpaired) electrons. The Hall–Kier alpha value is -3.40. The Balaban J connectivity index is 1.35. The van der Waals surface area contributed by atoms with Crippen LogP contribution in [0.4, 0.5) is 14.6 Å². The first-order valence-corrected chi connectivity index (χ1v) is 11.7. The third kappa shape index (κ3) is 4.27. The number of alkyl halides is 1. The molecule has 2 bridgehead atoms. The Kier molecular flexibility index (Phi) is 6.00. The second kappa shape index (κ2) is 8.99. The minimum atomic E-state index is -1.04. The summed E-state index contributed by atoms with van der Waals surface area (Å²) in [5, 5.41) is 22.5. The number of hydrogen-bond donors (Lipinski definition) is 2. The van der Waals surface area contributed by atoms with Crippen molar-refractivity contribution < 1.29 is 18.6 Å². The van der Waals surface area contributed by atoms with Crippen LogP contribution >= 0.6 is 0 Å². The Morgan fingerprint density at radius 1 is 1.17 bits per heavy atom. The maximum Gasteiger partial charge on any atom is 0.250 e. The van der Waals surface area contributed by atoms with E-state index in [0.717, 1.165) is 19.3 Å². The normalized spacial score (nSPS) is 25.8. The lowest BCUT2D eigenvalue weighted by molar-refractivity contribution is 0.0405. The number of pyridine rings is 1. The molecule has 8 nitrogen and oxygen atoms in total. The van der Waals surface area contributed by atoms with E-state index in [-0.39, 0.29) is 23.5 Å². The first-order chi connectivity index (χ1) is 16.8. The molecule has 4 atom stereocenters. The van der Waals surface area contributed by atoms with Crippen molar-refractivity contribution in [2.24, 2.45) is 0 Å². The van der Waals surface area contributed by atoms with E-state index in [0.29, 0.717) is 35.0 Å². The second-order valence-corrected chi connectivity index (χ2v) is 9.55. The van der Waals surface area contributed by atoms with Crippen molar-refractivity contribution >= 4 is 5.82 Å². The van der Waals surface area contributed by atoms with Crippen molar-refractivity contribution in [2.45, 2.75) is 56.4 Å². The van der Waals surface area contributed by atoms with Gasteiger partial charge in [-0.1, -0.05) is 6.07 Å². The van der Waals surface area contributed by atoms with Crippen LogP contribution < -0.4 is 15.0 Å². The summed E-state index contributed by atoms with van der Waals surface area (Å²) in [5.74, 6) is -0.0655. The standard InChI is InChI=1S/C25H28F2N6O2/c1-25-8-4-5-16(30-25)11-19(22(25)27)33(2)21-13-28-23(32-31-21)17-7-6-14(10-20(17)34)15-9-18(26)24(35-3)29-12-15/h6-7,9-10,12-13,16,19,22,30,34H,4-5,8,11H2,1-3H3/t16-,19-,22-,25+/m0/s1. The van der Waals surface area contributed by atoms with Gasteiger partial charge in [0.05, 0.1) is 24.9 Å². The summed E-state index contributed by atoms with van der Waals surface area (Å²) in [4.78, 5) is 10.1. The average molecular weight is 483 g/mol. The van der Waals surface area contributed by atoms with E-state index in [2.05, 4.69) is 25.5 Å². The van der Waals surface area contributed by atoms with E-state index in [1.54, 1.807) is 18.3 Å². The summed E-state index contributed by atoms with van der Waals surface area (Å²) in [6, 6.07) is 6.10. The molecule has 184 valence electrons. The van der Waals surface area contributed by atoms with Gasteiger partial charge >= 0.3 is 0 Å². The number of aromatic nitrogens is 4. The first-order valence-electron chi connectivity index (χ1n) is 11.7. The number of benzene rings is 1. The lowest BCUT2D eigenvalue weighted by Crippen LogP contribution is -2.68. The van der Waals surface area contributed by atoms with Crippen LogP contribution in [0.5, 0.6) is 11.6 Å². The van der Waals surface area contributed by atoms with Crippen LogP contribution in [0, 0.1) is 5.82 Å². The molecule has 0 spiro atoms. The summed E-state index contributed by atoms with van der Waals surface area (Å²) in [6.45, 7) is 1.96. The van der Waals surface area contributed by atoms with Gasteiger partial charge in [-0.05, 0) is 56.4 Å². The number of aromatic hydroxyl groups is 1. The van der Waals surface area contributed by atoms with Crippen LogP contribution in [0.25, 0.3) is 22.5 Å². The number of nitrogens with zero attached hydrogens (tertiary/aromatic N) is 5. The Morgan fingerprint density at radius 3 is 2.69 bits per heavy atom. The molecule has 3 aromatic rings. The van der Waals surface area contributed by atoms with E-state index in [9.17, 15) is 9.50 Å². The number of phenolic OH excluding ortho intramolecular Hbond substituents is 1. The van der Waals surface area contributed by atoms with E-state index >= 15 is 4.39 Å². The molecule has 0 unspecified atom stereocenters. The van der Waals surface area contributed by atoms with Crippen molar-refractivity contribution in [1.82, 2.24) is 25.5 Å². The van der Waals surface area contributed by atoms with Gasteiger partial charge in [0, 0.05) is 30.4 Å². The minimum Gasteiger partial charge on any atom is -0.507 e. The van der Waals surface area contributed by atoms with Crippen molar-refractivity contribution in [3.63, 3.8) is 0 Å². The fourth-order valence-corrected chi connectivity index (χ4v) is 5.27. The molecular formula is C25H28F2N6O2. The smallest absolute Gasteiger partial charge is 0.250 e. The summed E-state index contributed by atoms with van der Waals surface area (Å²) in [7, 11) is 3.16. The lowest BCUT2D eigenvalue weighted by Gasteiger charge is -2.52. The van der Waals surface area contributed by atoms with Crippen molar-refractivity contribution in [3.8, 4) is 34.1 Å². The van der Waals surface area contributed by atoms with E-state index in [4.69, 9.17) is 4.74 Å². The molecule has 0 amide bonds. The van der Waals surface area contributed by atoms with Crippen molar-refractivity contribution in [3.05, 3.63) is 42.5 Å². The molecule has 0 saturated carbocycles. The highest BCUT2D eigenvalue weighted by atomic mass is 19.1. The van der Waals surface area contributed by atoms with Gasteiger partial charge in [-0.25, -0.2) is 18.7 Å². The largest absolute Gasteiger partial charge is 0.507 e. The SMILES string of the molecule is COc1ncc(-c2ccc(-c3ncc(N(C)[C@H]4C[C@@H]5CCC[C@@](C)(N5)[C@H]4F)nn3)c(O)c2)cc1F. The second-order valence-electron chi connectivity index (χ2n) is 9.55. The predicted octanol–water partition coefficient (Wildman–Crippen LogP) is 3.90. The summed E-state index contributed by atoms with van der Waals surface area (Å²) < 4.78 is 34.3. The van der Waals surface area contributed by atoms with Crippen LogP contribution in [0.2, 0.25) is 0 Å². The van der Waals surface area contributed by atoms with E-state index in [1.165, 1.54) is 25.4 Å². The van der Waals surface area contributed by atoms with E-state index < -0.39 is 17.5 Å². The third-order valence-corrected chi connectivity index (χ3v) is 7.24. The molecule has 2 saturated heterocycles. The summed E-state index contributed by atoms with van der Waals surface area (Å²) in [6.07, 6.45) is 5.56. The molecule has 0 aliphatic carbocycles. The maximum atomic E-state index is 15.4. The zero-order chi connectivity index (χ0) is 24.7. The van der Waals surface area contributed by atoms with Gasteiger partial charge < -0.3 is 20.1 Å². The molecule has 4 heterocycles. The van der Waals surface area contributed by atoms with Gasteiger partial charge in [0.1, 0.15) is 11.9 Å². The Morgan fingerprint density at radius 2 is 2.00 bits per heavy atom. The molecule has 2 aliphatic rings. The Bertz CT molecular complexity index is 1230. The number of hydrogen-bond acceptors (Lipinski definition) is 8. The zero-order valence-corrected chi connectivity index (χ0v) is 19.9. The van der Waals surface area contributed by atoms with Gasteiger partial charge in [-0.3, -0.25) is 0 Å². The average Bonchev–Trinajstić information content (AvgIpc) is 2.86. The summed E-state index contributed by atoms with van der Waals surface area (Å²) in [5.41, 5.74) is 0.909. The number of ether oxygens (including phenoxy) is 1. The zero-order valence-electron chi connectivity index (χ0n) is 19.9. The molecule has 10 heteroatoms. The number of fused-ring (bicyclic) bond motifs is 2. The number of methoxy groups -OCH3 is 1. The predicted molar refractivity (Wildman–Crippen MR) is 128 cm³/mol. The first kappa shape index (κ1) is 23.3. The van der Waals surface area contributed by atoms with Crippen LogP contribution in [0.15, 0.2) is 36.7 Å². The van der Waals surface area contributed by atoms with Gasteiger partial charge in [0.2, 0.25) is 5.88 Å². The number of phenols is 1. The molecule has 1 aromatic carbocycles. The molecule has 2 N–H and O–H groups in total. The highest BCUT2D eigenvalue weighted by molar-refractivity contribution is 5.72. The molecule has 2 fully saturated rings. The molecular weight excluding hydrogens is 454 g/mol. The van der Waals surface area contributed by atoms with Crippen LogP contribution in [0.3, 0.4) is 0 Å². The highest BCUT2D eigenvalue weighted by Gasteiger charge is 2.49. The van der Waals surface area contributed by atoms with Gasteiger partial charge in [0.15, 0.2) is 17.5 Å². The molecule has 5 rings (SSSR count). The number of nitrogens with one attached hydrogen (secondary N) is 1. The van der Waals surface area contributed by atoms with Gasteiger partial charge in [0.25, 0.3) is 0 Å². The van der Waals surface area contributed by atoms with Crippen molar-refractivity contribution in [1.29, 1.82) is 0 Å². The molecule has 35 heavy (non-hydrogen) atoms. The maximum absolute atomic E-state index is 15.4. The minimum absolute atomic E-state index is 0.0791. The molecule has 2 aliphatic heterocycles. The van der Waals surface area contributed by atoms with Crippen LogP contribution in [-0.4, -0.2) is 63.2 Å². The topological polar surface area (TPSA) is 96.3 Å². The fraction of sp³-hybridized carbons (Fsp3) is 0.440. The van der Waals surface area contributed by atoms with E-state index in [1.807, 2.05) is 18.9 Å². The third-order valence-electron chi connectivity index (χ3n) is 7.24. The van der Waals surface area contributed by atoms with Crippen molar-refractivity contribution in [2.75, 3.05) is 19.1 Å². The quantitative estimate of drug-likeness (QED) is 0.565. The monoisotopic (exact) mass is 482 g/mol. The summed E-state index contributed by atoms with van der Waals surface area (Å²) >= 11 is 0. The number of rotatable bonds is 5.